The van der Waals surface area contributed by atoms with Crippen molar-refractivity contribution in [1.29, 1.82) is 0 Å². The average molecular weight is 568 g/mol. The van der Waals surface area contributed by atoms with E-state index in [1.807, 2.05) is 32.0 Å². The molecule has 1 aromatic heterocycles. The Balaban J connectivity index is 0.000000941. The molecule has 29 heavy (non-hydrogen) atoms. The second-order valence-electron chi connectivity index (χ2n) is 5.80. The van der Waals surface area contributed by atoms with Gasteiger partial charge in [0.05, 0.1) is 34.2 Å². The Morgan fingerprint density at radius 3 is 1.41 bits per heavy atom. The van der Waals surface area contributed by atoms with E-state index in [1.165, 1.54) is 35.2 Å². The number of aromatic nitrogens is 1. The molecule has 0 aliphatic carbocycles. The van der Waals surface area contributed by atoms with Gasteiger partial charge in [-0.2, -0.15) is 0 Å². The van der Waals surface area contributed by atoms with Crippen molar-refractivity contribution >= 4 is 51.2 Å². The van der Waals surface area contributed by atoms with Crippen LogP contribution in [0.4, 0.5) is 20.2 Å². The van der Waals surface area contributed by atoms with Gasteiger partial charge in [0, 0.05) is 0 Å². The zero-order chi connectivity index (χ0) is 21.2. The van der Waals surface area contributed by atoms with Gasteiger partial charge in [0.15, 0.2) is 0 Å². The topological polar surface area (TPSA) is 37.6 Å². The summed E-state index contributed by atoms with van der Waals surface area (Å²) < 4.78 is 26.0. The first-order chi connectivity index (χ1) is 13.9. The van der Waals surface area contributed by atoms with E-state index < -0.39 is 0 Å². The molecule has 0 aliphatic heterocycles. The molecule has 0 saturated heterocycles. The van der Waals surface area contributed by atoms with Crippen LogP contribution in [0, 0.1) is 11.6 Å². The van der Waals surface area contributed by atoms with E-state index in [9.17, 15) is 8.78 Å². The van der Waals surface area contributed by atoms with Gasteiger partial charge in [-0.1, -0.05) is 6.07 Å². The van der Waals surface area contributed by atoms with Crippen LogP contribution in [0.15, 0.2) is 76.7 Å². The number of hydrogen-bond acceptors (Lipinski definition) is 3. The van der Waals surface area contributed by atoms with Crippen molar-refractivity contribution in [2.75, 3.05) is 0 Å². The molecular formula is C21H17Br2F2N3Ni. The van der Waals surface area contributed by atoms with Crippen molar-refractivity contribution in [3.63, 3.8) is 0 Å². The number of halogens is 4. The SMILES string of the molecule is CC(=Nc1ccc(F)cc1)c1cccc(C(C)=Nc2ccc(F)cc2)n1.[Br][Ni][Br]. The summed E-state index contributed by atoms with van der Waals surface area (Å²) in [6.07, 6.45) is 0. The number of aliphatic imine (C=N–C) groups is 2. The van der Waals surface area contributed by atoms with Gasteiger partial charge in [-0.05, 0) is 74.5 Å². The standard InChI is InChI=1S/C21H17F2N3.2BrH.Ni/c1-14(24-18-10-6-16(22)7-11-18)20-4-3-5-21(26-20)15(2)25-19-12-8-17(23)9-13-19;;;/h3-13H,1-2H3;2*1H;/q;;;+2/p-2. The molecule has 2 aromatic carbocycles. The molecule has 3 nitrogen and oxygen atoms in total. The number of hydrogen-bond donors (Lipinski definition) is 0. The van der Waals surface area contributed by atoms with Crippen LogP contribution in [0.2, 0.25) is 0 Å². The van der Waals surface area contributed by atoms with E-state index in [4.69, 9.17) is 0 Å². The Labute approximate surface area is 188 Å². The summed E-state index contributed by atoms with van der Waals surface area (Å²) in [6.45, 7) is 3.70. The Kier molecular flexibility index (Phi) is 9.78. The van der Waals surface area contributed by atoms with Gasteiger partial charge >= 0.3 is 39.3 Å². The zero-order valence-electron chi connectivity index (χ0n) is 15.5. The normalized spacial score (nSPS) is 11.8. The second kappa shape index (κ2) is 12.1. The quantitative estimate of drug-likeness (QED) is 0.240. The van der Waals surface area contributed by atoms with Gasteiger partial charge in [0.2, 0.25) is 0 Å². The summed E-state index contributed by atoms with van der Waals surface area (Å²) in [5.41, 5.74) is 4.17. The first kappa shape index (κ1) is 23.5. The number of pyridine rings is 1. The molecule has 0 atom stereocenters. The average Bonchev–Trinajstić information content (AvgIpc) is 2.72. The zero-order valence-corrected chi connectivity index (χ0v) is 19.7. The van der Waals surface area contributed by atoms with Crippen LogP contribution in [0.3, 0.4) is 0 Å². The van der Waals surface area contributed by atoms with Crippen LogP contribution in [0.1, 0.15) is 25.2 Å². The monoisotopic (exact) mass is 565 g/mol. The van der Waals surface area contributed by atoms with Crippen LogP contribution in [-0.4, -0.2) is 16.4 Å². The summed E-state index contributed by atoms with van der Waals surface area (Å²) in [7, 11) is 1.25. The molecule has 0 amide bonds. The number of rotatable bonds is 4. The molecule has 0 spiro atoms. The summed E-state index contributed by atoms with van der Waals surface area (Å²) >= 11 is 6.00. The Hall–Kier alpha value is -1.76. The van der Waals surface area contributed by atoms with E-state index in [2.05, 4.69) is 43.4 Å². The fraction of sp³-hybridized carbons (Fsp3) is 0.0952. The van der Waals surface area contributed by atoms with E-state index in [1.54, 1.807) is 24.3 Å². The summed E-state index contributed by atoms with van der Waals surface area (Å²) in [6, 6.07) is 17.5. The number of nitrogens with zero attached hydrogens (tertiary/aromatic N) is 3. The van der Waals surface area contributed by atoms with Gasteiger partial charge in [-0.3, -0.25) is 9.98 Å². The molecule has 3 aromatic rings. The van der Waals surface area contributed by atoms with Crippen molar-refractivity contribution in [2.24, 2.45) is 9.98 Å². The van der Waals surface area contributed by atoms with Crippen molar-refractivity contribution in [3.8, 4) is 0 Å². The maximum absolute atomic E-state index is 13.0. The van der Waals surface area contributed by atoms with Crippen molar-refractivity contribution in [1.82, 2.24) is 4.98 Å². The van der Waals surface area contributed by atoms with E-state index >= 15 is 0 Å². The molecular weight excluding hydrogens is 551 g/mol. The molecule has 3 rings (SSSR count). The van der Waals surface area contributed by atoms with Gasteiger partial charge in [-0.25, -0.2) is 13.8 Å². The van der Waals surface area contributed by atoms with E-state index in [0.29, 0.717) is 34.2 Å². The van der Waals surface area contributed by atoms with Crippen LogP contribution in [0.5, 0.6) is 0 Å². The molecule has 154 valence electrons. The molecule has 0 unspecified atom stereocenters. The van der Waals surface area contributed by atoms with Gasteiger partial charge in [-0.15, -0.1) is 0 Å². The third-order valence-corrected chi connectivity index (χ3v) is 3.74. The first-order valence-corrected chi connectivity index (χ1v) is 13.2. The van der Waals surface area contributed by atoms with E-state index in [-0.39, 0.29) is 11.6 Å². The van der Waals surface area contributed by atoms with Crippen molar-refractivity contribution in [2.45, 2.75) is 13.8 Å². The molecule has 1 heterocycles. The summed E-state index contributed by atoms with van der Waals surface area (Å²) in [4.78, 5) is 13.5. The minimum absolute atomic E-state index is 0.297. The molecule has 8 heteroatoms. The Morgan fingerprint density at radius 1 is 0.724 bits per heavy atom. The van der Waals surface area contributed by atoms with Crippen molar-refractivity contribution < 1.29 is 19.7 Å². The van der Waals surface area contributed by atoms with Gasteiger partial charge in [0.1, 0.15) is 11.6 Å². The van der Waals surface area contributed by atoms with Crippen LogP contribution < -0.4 is 0 Å². The van der Waals surface area contributed by atoms with Crippen LogP contribution in [0.25, 0.3) is 0 Å². The molecule has 0 bridgehead atoms. The number of benzene rings is 2. The van der Waals surface area contributed by atoms with Gasteiger partial charge in [0.25, 0.3) is 0 Å². The van der Waals surface area contributed by atoms with Crippen molar-refractivity contribution in [3.05, 3.63) is 89.8 Å². The third kappa shape index (κ3) is 7.88. The fourth-order valence-electron chi connectivity index (χ4n) is 2.37. The maximum atomic E-state index is 13.0. The molecule has 0 fully saturated rings. The fourth-order valence-corrected chi connectivity index (χ4v) is 2.37. The van der Waals surface area contributed by atoms with E-state index in [0.717, 1.165) is 0 Å². The summed E-state index contributed by atoms with van der Waals surface area (Å²) in [5.74, 6) is -0.594. The molecule has 0 N–H and O–H groups in total. The molecule has 0 saturated carbocycles. The van der Waals surface area contributed by atoms with Crippen LogP contribution >= 0.6 is 28.5 Å². The summed E-state index contributed by atoms with van der Waals surface area (Å²) in [5, 5.41) is 0. The van der Waals surface area contributed by atoms with Crippen LogP contribution in [-0.2, 0) is 10.9 Å². The molecule has 0 radical (unpaired) electrons. The minimum atomic E-state index is -0.297. The Bertz CT molecular complexity index is 915. The molecule has 0 aliphatic rings. The predicted octanol–water partition coefficient (Wildman–Crippen LogP) is 7.33. The second-order valence-corrected chi connectivity index (χ2v) is 10.8. The first-order valence-electron chi connectivity index (χ1n) is 8.35. The third-order valence-electron chi connectivity index (χ3n) is 3.74. The van der Waals surface area contributed by atoms with Gasteiger partial charge < -0.3 is 0 Å². The predicted molar refractivity (Wildman–Crippen MR) is 119 cm³/mol. The Morgan fingerprint density at radius 2 is 1.07 bits per heavy atom.